The Morgan fingerprint density at radius 2 is 1.55 bits per heavy atom. The smallest absolute Gasteiger partial charge is 0.325 e. The van der Waals surface area contributed by atoms with Crippen LogP contribution in [0.25, 0.3) is 0 Å². The van der Waals surface area contributed by atoms with Gasteiger partial charge >= 0.3 is 5.97 Å². The van der Waals surface area contributed by atoms with E-state index in [1.807, 2.05) is 6.92 Å². The Hall–Kier alpha value is -3.88. The van der Waals surface area contributed by atoms with Crippen LogP contribution in [-0.4, -0.2) is 43.4 Å². The number of benzene rings is 2. The van der Waals surface area contributed by atoms with Crippen LogP contribution < -0.4 is 21.1 Å². The summed E-state index contributed by atoms with van der Waals surface area (Å²) in [5, 5.41) is 4.91. The van der Waals surface area contributed by atoms with Crippen LogP contribution in [0.3, 0.4) is 0 Å². The molecular formula is C20H21N3O6. The van der Waals surface area contributed by atoms with Crippen molar-refractivity contribution in [2.75, 3.05) is 25.1 Å². The van der Waals surface area contributed by atoms with Gasteiger partial charge in [0.2, 0.25) is 5.91 Å². The van der Waals surface area contributed by atoms with Crippen molar-refractivity contribution in [2.45, 2.75) is 6.92 Å². The summed E-state index contributed by atoms with van der Waals surface area (Å²) in [5.74, 6) is -1.72. The van der Waals surface area contributed by atoms with Gasteiger partial charge in [-0.1, -0.05) is 0 Å². The van der Waals surface area contributed by atoms with E-state index in [0.717, 1.165) is 0 Å². The van der Waals surface area contributed by atoms with E-state index >= 15 is 0 Å². The van der Waals surface area contributed by atoms with E-state index in [-0.39, 0.29) is 6.54 Å². The first-order valence-corrected chi connectivity index (χ1v) is 8.75. The first kappa shape index (κ1) is 21.4. The molecule has 0 radical (unpaired) electrons. The molecule has 152 valence electrons. The van der Waals surface area contributed by atoms with Crippen molar-refractivity contribution in [2.24, 2.45) is 5.73 Å². The third kappa shape index (κ3) is 6.98. The van der Waals surface area contributed by atoms with E-state index < -0.39 is 30.3 Å². The molecule has 9 nitrogen and oxygen atoms in total. The first-order valence-electron chi connectivity index (χ1n) is 8.75. The first-order chi connectivity index (χ1) is 13.9. The van der Waals surface area contributed by atoms with Gasteiger partial charge in [0.05, 0.1) is 6.61 Å². The quantitative estimate of drug-likeness (QED) is 0.540. The molecule has 0 heterocycles. The van der Waals surface area contributed by atoms with Gasteiger partial charge in [-0.25, -0.2) is 0 Å². The van der Waals surface area contributed by atoms with Crippen molar-refractivity contribution in [1.29, 1.82) is 0 Å². The molecule has 0 aromatic heterocycles. The number of hydrogen-bond acceptors (Lipinski definition) is 6. The molecule has 3 amide bonds. The monoisotopic (exact) mass is 399 g/mol. The Morgan fingerprint density at radius 3 is 2.14 bits per heavy atom. The molecule has 29 heavy (non-hydrogen) atoms. The number of esters is 1. The lowest BCUT2D eigenvalue weighted by atomic mass is 10.2. The van der Waals surface area contributed by atoms with Crippen LogP contribution in [0.15, 0.2) is 48.5 Å². The highest BCUT2D eigenvalue weighted by Gasteiger charge is 2.11. The number of nitrogens with one attached hydrogen (secondary N) is 2. The number of carbonyl (C=O) groups excluding carboxylic acids is 4. The lowest BCUT2D eigenvalue weighted by molar-refractivity contribution is -0.146. The van der Waals surface area contributed by atoms with Crippen molar-refractivity contribution >= 4 is 29.4 Å². The second kappa shape index (κ2) is 10.5. The summed E-state index contributed by atoms with van der Waals surface area (Å²) in [4.78, 5) is 46.5. The van der Waals surface area contributed by atoms with E-state index in [1.165, 1.54) is 24.3 Å². The maximum atomic E-state index is 12.0. The van der Waals surface area contributed by atoms with E-state index in [0.29, 0.717) is 29.2 Å². The molecule has 0 aliphatic carbocycles. The third-order valence-corrected chi connectivity index (χ3v) is 3.64. The fourth-order valence-corrected chi connectivity index (χ4v) is 2.24. The van der Waals surface area contributed by atoms with Gasteiger partial charge in [0, 0.05) is 16.8 Å². The van der Waals surface area contributed by atoms with Crippen molar-refractivity contribution in [3.63, 3.8) is 0 Å². The molecule has 4 N–H and O–H groups in total. The van der Waals surface area contributed by atoms with Crippen molar-refractivity contribution in [3.8, 4) is 5.75 Å². The largest absolute Gasteiger partial charge is 0.494 e. The fraction of sp³-hybridized carbons (Fsp3) is 0.200. The zero-order valence-electron chi connectivity index (χ0n) is 15.8. The molecule has 2 aromatic carbocycles. The maximum absolute atomic E-state index is 12.0. The minimum absolute atomic E-state index is 0.303. The van der Waals surface area contributed by atoms with Crippen molar-refractivity contribution in [1.82, 2.24) is 5.32 Å². The zero-order chi connectivity index (χ0) is 21.2. The normalized spacial score (nSPS) is 9.97. The highest BCUT2D eigenvalue weighted by atomic mass is 16.5. The van der Waals surface area contributed by atoms with Gasteiger partial charge in [-0.05, 0) is 55.5 Å². The van der Waals surface area contributed by atoms with Gasteiger partial charge in [0.1, 0.15) is 12.3 Å². The van der Waals surface area contributed by atoms with Gasteiger partial charge < -0.3 is 25.8 Å². The molecule has 0 spiro atoms. The van der Waals surface area contributed by atoms with Gasteiger partial charge in [-0.2, -0.15) is 0 Å². The number of anilines is 1. The summed E-state index contributed by atoms with van der Waals surface area (Å²) < 4.78 is 10.1. The minimum Gasteiger partial charge on any atom is -0.494 e. The van der Waals surface area contributed by atoms with Crippen LogP contribution in [0.4, 0.5) is 5.69 Å². The van der Waals surface area contributed by atoms with Crippen LogP contribution in [-0.2, 0) is 14.3 Å². The van der Waals surface area contributed by atoms with Gasteiger partial charge in [-0.3, -0.25) is 19.2 Å². The molecule has 0 unspecified atom stereocenters. The average molecular weight is 399 g/mol. The molecule has 0 bridgehead atoms. The standard InChI is InChI=1S/C20H21N3O6/c1-2-28-16-9-5-14(6-10-16)20(27)22-11-18(25)29-12-17(24)23-15-7-3-13(4-8-15)19(21)26/h3-10H,2,11-12H2,1H3,(H2,21,26)(H,22,27)(H,23,24). The summed E-state index contributed by atoms with van der Waals surface area (Å²) >= 11 is 0. The van der Waals surface area contributed by atoms with Crippen LogP contribution in [0, 0.1) is 0 Å². The molecule has 0 saturated carbocycles. The molecule has 0 saturated heterocycles. The molecule has 0 aliphatic heterocycles. The topological polar surface area (TPSA) is 137 Å². The summed E-state index contributed by atoms with van der Waals surface area (Å²) in [6.45, 7) is 1.47. The molecule has 0 fully saturated rings. The number of hydrogen-bond donors (Lipinski definition) is 3. The molecule has 0 aliphatic rings. The van der Waals surface area contributed by atoms with E-state index in [2.05, 4.69) is 10.6 Å². The number of amides is 3. The predicted octanol–water partition coefficient (Wildman–Crippen LogP) is 1.10. The van der Waals surface area contributed by atoms with Crippen molar-refractivity contribution < 1.29 is 28.7 Å². The summed E-state index contributed by atoms with van der Waals surface area (Å²) in [6, 6.07) is 12.4. The second-order valence-electron chi connectivity index (χ2n) is 5.79. The highest BCUT2D eigenvalue weighted by molar-refractivity contribution is 5.97. The number of carbonyl (C=O) groups is 4. The Balaban J connectivity index is 1.72. The third-order valence-electron chi connectivity index (χ3n) is 3.64. The van der Waals surface area contributed by atoms with Gasteiger partial charge in [0.25, 0.3) is 11.8 Å². The van der Waals surface area contributed by atoms with Gasteiger partial charge in [-0.15, -0.1) is 0 Å². The second-order valence-corrected chi connectivity index (χ2v) is 5.79. The SMILES string of the molecule is CCOc1ccc(C(=O)NCC(=O)OCC(=O)Nc2ccc(C(N)=O)cc2)cc1. The van der Waals surface area contributed by atoms with E-state index in [4.69, 9.17) is 15.2 Å². The van der Waals surface area contributed by atoms with E-state index in [9.17, 15) is 19.2 Å². The van der Waals surface area contributed by atoms with Crippen LogP contribution in [0.1, 0.15) is 27.6 Å². The molecule has 9 heteroatoms. The Bertz CT molecular complexity index is 878. The Morgan fingerprint density at radius 1 is 0.931 bits per heavy atom. The Kier molecular flexibility index (Phi) is 7.72. The average Bonchev–Trinajstić information content (AvgIpc) is 2.71. The number of rotatable bonds is 9. The van der Waals surface area contributed by atoms with Crippen LogP contribution in [0.2, 0.25) is 0 Å². The lowest BCUT2D eigenvalue weighted by Crippen LogP contribution is -2.32. The highest BCUT2D eigenvalue weighted by Crippen LogP contribution is 2.12. The lowest BCUT2D eigenvalue weighted by Gasteiger charge is -2.08. The summed E-state index contributed by atoms with van der Waals surface area (Å²) in [5.41, 5.74) is 6.21. The van der Waals surface area contributed by atoms with Gasteiger partial charge in [0.15, 0.2) is 6.61 Å². The van der Waals surface area contributed by atoms with E-state index in [1.54, 1.807) is 24.3 Å². The minimum atomic E-state index is -0.761. The molecule has 2 aromatic rings. The summed E-state index contributed by atoms with van der Waals surface area (Å²) in [7, 11) is 0. The zero-order valence-corrected chi connectivity index (χ0v) is 15.8. The number of primary amides is 1. The molecular weight excluding hydrogens is 378 g/mol. The molecule has 2 rings (SSSR count). The Labute approximate surface area is 167 Å². The van der Waals surface area contributed by atoms with Crippen LogP contribution >= 0.6 is 0 Å². The van der Waals surface area contributed by atoms with Crippen molar-refractivity contribution in [3.05, 3.63) is 59.7 Å². The van der Waals surface area contributed by atoms with Crippen LogP contribution in [0.5, 0.6) is 5.75 Å². The number of ether oxygens (including phenoxy) is 2. The maximum Gasteiger partial charge on any atom is 0.325 e. The predicted molar refractivity (Wildman–Crippen MR) is 104 cm³/mol. The number of nitrogens with two attached hydrogens (primary N) is 1. The fourth-order valence-electron chi connectivity index (χ4n) is 2.24. The molecule has 0 atom stereocenters. The summed E-state index contributed by atoms with van der Waals surface area (Å²) in [6.07, 6.45) is 0.